The molecule has 0 aliphatic heterocycles. The van der Waals surface area contributed by atoms with E-state index < -0.39 is 0 Å². The van der Waals surface area contributed by atoms with Crippen molar-refractivity contribution in [2.24, 2.45) is 11.1 Å². The Morgan fingerprint density at radius 1 is 1.73 bits per heavy atom. The van der Waals surface area contributed by atoms with E-state index in [9.17, 15) is 4.79 Å². The summed E-state index contributed by atoms with van der Waals surface area (Å²) in [4.78, 5) is 11.2. The smallest absolute Gasteiger partial charge is 0.311 e. The van der Waals surface area contributed by atoms with Crippen molar-refractivity contribution < 1.29 is 9.53 Å². The summed E-state index contributed by atoms with van der Waals surface area (Å²) in [5, 5.41) is 0. The lowest BCUT2D eigenvalue weighted by molar-refractivity contribution is -0.160. The largest absolute Gasteiger partial charge is 0.466 e. The van der Waals surface area contributed by atoms with Gasteiger partial charge in [-0.2, -0.15) is 0 Å². The summed E-state index contributed by atoms with van der Waals surface area (Å²) in [6.45, 7) is 4.19. The van der Waals surface area contributed by atoms with Gasteiger partial charge in [0.1, 0.15) is 0 Å². The maximum absolute atomic E-state index is 11.2. The summed E-state index contributed by atoms with van der Waals surface area (Å²) < 4.78 is 4.90. The molecule has 0 radical (unpaired) electrons. The normalized spacial score (nSPS) is 36.1. The van der Waals surface area contributed by atoms with E-state index in [-0.39, 0.29) is 17.4 Å². The summed E-state index contributed by atoms with van der Waals surface area (Å²) in [5.74, 6) is -0.0956. The third-order valence-electron chi connectivity index (χ3n) is 2.19. The van der Waals surface area contributed by atoms with Gasteiger partial charge in [0.25, 0.3) is 0 Å². The highest BCUT2D eigenvalue weighted by atomic mass is 16.5. The van der Waals surface area contributed by atoms with Crippen molar-refractivity contribution >= 4 is 5.97 Å². The van der Waals surface area contributed by atoms with Gasteiger partial charge in [-0.15, -0.1) is 0 Å². The molecule has 64 valence electrons. The lowest BCUT2D eigenvalue weighted by Crippen LogP contribution is -2.49. The molecule has 0 saturated heterocycles. The van der Waals surface area contributed by atoms with Gasteiger partial charge in [0.15, 0.2) is 0 Å². The first-order chi connectivity index (χ1) is 5.08. The quantitative estimate of drug-likeness (QED) is 0.599. The molecule has 1 aliphatic carbocycles. The lowest BCUT2D eigenvalue weighted by atomic mass is 9.67. The van der Waals surface area contributed by atoms with Gasteiger partial charge in [0.05, 0.1) is 12.0 Å². The molecule has 3 nitrogen and oxygen atoms in total. The first-order valence-corrected chi connectivity index (χ1v) is 4.01. The fourth-order valence-corrected chi connectivity index (χ4v) is 1.57. The van der Waals surface area contributed by atoms with Crippen molar-refractivity contribution in [2.45, 2.75) is 32.7 Å². The average molecular weight is 157 g/mol. The third kappa shape index (κ3) is 1.53. The molecule has 1 saturated carbocycles. The summed E-state index contributed by atoms with van der Waals surface area (Å²) in [7, 11) is 0. The number of esters is 1. The third-order valence-corrected chi connectivity index (χ3v) is 2.19. The highest BCUT2D eigenvalue weighted by molar-refractivity contribution is 5.77. The Bertz CT molecular complexity index is 161. The number of hydrogen-bond acceptors (Lipinski definition) is 3. The Kier molecular flexibility index (Phi) is 2.18. The minimum absolute atomic E-state index is 0.0956. The molecular formula is C8H15NO2. The maximum atomic E-state index is 11.2. The van der Waals surface area contributed by atoms with Crippen LogP contribution in [-0.4, -0.2) is 18.6 Å². The molecule has 0 aromatic heterocycles. The van der Waals surface area contributed by atoms with E-state index in [0.717, 1.165) is 12.8 Å². The van der Waals surface area contributed by atoms with Gasteiger partial charge in [-0.25, -0.2) is 0 Å². The average Bonchev–Trinajstić information content (AvgIpc) is 1.85. The van der Waals surface area contributed by atoms with Crippen LogP contribution in [0.2, 0.25) is 0 Å². The van der Waals surface area contributed by atoms with E-state index in [0.29, 0.717) is 6.61 Å². The monoisotopic (exact) mass is 157 g/mol. The molecule has 1 aliphatic rings. The number of carbonyl (C=O) groups excluding carboxylic acids is 1. The molecule has 2 N–H and O–H groups in total. The van der Waals surface area contributed by atoms with Crippen LogP contribution in [0, 0.1) is 5.41 Å². The Labute approximate surface area is 66.9 Å². The number of hydrogen-bond donors (Lipinski definition) is 1. The predicted octanol–water partition coefficient (Wildman–Crippen LogP) is 0.677. The van der Waals surface area contributed by atoms with Crippen LogP contribution in [0.1, 0.15) is 26.7 Å². The fraction of sp³-hybridized carbons (Fsp3) is 0.875. The van der Waals surface area contributed by atoms with Crippen LogP contribution in [0.3, 0.4) is 0 Å². The highest BCUT2D eigenvalue weighted by Crippen LogP contribution is 2.40. The zero-order valence-corrected chi connectivity index (χ0v) is 7.09. The molecule has 0 heterocycles. The van der Waals surface area contributed by atoms with Gasteiger partial charge in [0, 0.05) is 6.04 Å². The topological polar surface area (TPSA) is 52.3 Å². The number of nitrogens with two attached hydrogens (primary N) is 1. The second kappa shape index (κ2) is 2.81. The van der Waals surface area contributed by atoms with Gasteiger partial charge in [-0.3, -0.25) is 4.79 Å². The molecule has 0 aromatic rings. The maximum Gasteiger partial charge on any atom is 0.311 e. The van der Waals surface area contributed by atoms with E-state index in [1.165, 1.54) is 0 Å². The minimum Gasteiger partial charge on any atom is -0.466 e. The Morgan fingerprint density at radius 3 is 2.64 bits per heavy atom. The van der Waals surface area contributed by atoms with Gasteiger partial charge in [0.2, 0.25) is 0 Å². The molecule has 0 spiro atoms. The number of ether oxygens (including phenoxy) is 1. The van der Waals surface area contributed by atoms with E-state index >= 15 is 0 Å². The standard InChI is InChI=1S/C8H15NO2/c1-3-11-7(10)8(2)4-6(9)5-8/h6H,3-5,9H2,1-2H3/t6-,8-. The van der Waals surface area contributed by atoms with Crippen molar-refractivity contribution in [1.29, 1.82) is 0 Å². The van der Waals surface area contributed by atoms with Crippen molar-refractivity contribution in [2.75, 3.05) is 6.61 Å². The molecule has 3 heteroatoms. The van der Waals surface area contributed by atoms with Crippen LogP contribution >= 0.6 is 0 Å². The SMILES string of the molecule is CCOC(=O)[C@]1(C)C[C@@H](N)C1. The summed E-state index contributed by atoms with van der Waals surface area (Å²) in [5.41, 5.74) is 5.30. The van der Waals surface area contributed by atoms with Crippen LogP contribution < -0.4 is 5.73 Å². The molecular weight excluding hydrogens is 142 g/mol. The van der Waals surface area contributed by atoms with Crippen LogP contribution in [0.5, 0.6) is 0 Å². The predicted molar refractivity (Wildman–Crippen MR) is 41.9 cm³/mol. The van der Waals surface area contributed by atoms with E-state index in [1.807, 2.05) is 13.8 Å². The Balaban J connectivity index is 2.41. The minimum atomic E-state index is -0.282. The van der Waals surface area contributed by atoms with Gasteiger partial charge in [-0.1, -0.05) is 0 Å². The molecule has 0 aromatic carbocycles. The van der Waals surface area contributed by atoms with Gasteiger partial charge >= 0.3 is 5.97 Å². The van der Waals surface area contributed by atoms with Gasteiger partial charge in [-0.05, 0) is 26.7 Å². The van der Waals surface area contributed by atoms with Crippen LogP contribution in [0.4, 0.5) is 0 Å². The van der Waals surface area contributed by atoms with E-state index in [4.69, 9.17) is 10.5 Å². The second-order valence-electron chi connectivity index (χ2n) is 3.45. The first kappa shape index (κ1) is 8.53. The van der Waals surface area contributed by atoms with Crippen molar-refractivity contribution in [3.63, 3.8) is 0 Å². The molecule has 1 fully saturated rings. The summed E-state index contributed by atoms with van der Waals surface area (Å²) in [6.07, 6.45) is 1.54. The highest BCUT2D eigenvalue weighted by Gasteiger charge is 2.45. The van der Waals surface area contributed by atoms with E-state index in [1.54, 1.807) is 0 Å². The van der Waals surface area contributed by atoms with Crippen molar-refractivity contribution in [1.82, 2.24) is 0 Å². The number of carbonyl (C=O) groups is 1. The molecule has 11 heavy (non-hydrogen) atoms. The van der Waals surface area contributed by atoms with E-state index in [2.05, 4.69) is 0 Å². The molecule has 0 amide bonds. The number of rotatable bonds is 2. The zero-order valence-electron chi connectivity index (χ0n) is 7.09. The van der Waals surface area contributed by atoms with Crippen LogP contribution in [0.25, 0.3) is 0 Å². The Hall–Kier alpha value is -0.570. The summed E-state index contributed by atoms with van der Waals surface area (Å²) in [6, 6.07) is 0.199. The second-order valence-corrected chi connectivity index (χ2v) is 3.45. The van der Waals surface area contributed by atoms with Crippen molar-refractivity contribution in [3.8, 4) is 0 Å². The first-order valence-electron chi connectivity index (χ1n) is 4.01. The molecule has 1 rings (SSSR count). The Morgan fingerprint density at radius 2 is 2.27 bits per heavy atom. The zero-order chi connectivity index (χ0) is 8.48. The van der Waals surface area contributed by atoms with Gasteiger partial charge < -0.3 is 10.5 Å². The summed E-state index contributed by atoms with van der Waals surface area (Å²) >= 11 is 0. The molecule has 0 unspecified atom stereocenters. The van der Waals surface area contributed by atoms with Crippen molar-refractivity contribution in [3.05, 3.63) is 0 Å². The lowest BCUT2D eigenvalue weighted by Gasteiger charge is -2.40. The molecule has 0 bridgehead atoms. The van der Waals surface area contributed by atoms with Crippen LogP contribution in [0.15, 0.2) is 0 Å². The van der Waals surface area contributed by atoms with Crippen LogP contribution in [-0.2, 0) is 9.53 Å². The fourth-order valence-electron chi connectivity index (χ4n) is 1.57. The molecule has 0 atom stereocenters.